The van der Waals surface area contributed by atoms with E-state index in [9.17, 15) is 18.4 Å². The molecule has 0 aliphatic heterocycles. The number of nitrogens with one attached hydrogen (secondary N) is 1. The molecule has 0 aliphatic carbocycles. The summed E-state index contributed by atoms with van der Waals surface area (Å²) in [7, 11) is 0. The van der Waals surface area contributed by atoms with Crippen LogP contribution in [-0.4, -0.2) is 23.6 Å². The van der Waals surface area contributed by atoms with Crippen LogP contribution in [0.5, 0.6) is 0 Å². The van der Waals surface area contributed by atoms with Gasteiger partial charge in [0.15, 0.2) is 18.2 Å². The Labute approximate surface area is 128 Å². The zero-order valence-electron chi connectivity index (χ0n) is 11.2. The first-order chi connectivity index (χ1) is 10.4. The second kappa shape index (κ2) is 6.52. The lowest BCUT2D eigenvalue weighted by Gasteiger charge is -2.06. The highest BCUT2D eigenvalue weighted by molar-refractivity contribution is 6.33. The summed E-state index contributed by atoms with van der Waals surface area (Å²) in [5, 5.41) is 5.52. The number of hydrogen-bond donors (Lipinski definition) is 1. The first-order valence-corrected chi connectivity index (χ1v) is 6.29. The molecule has 0 atom stereocenters. The van der Waals surface area contributed by atoms with Crippen LogP contribution in [0.3, 0.4) is 0 Å². The Bertz CT molecular complexity index is 733. The Morgan fingerprint density at radius 1 is 1.32 bits per heavy atom. The molecule has 0 unspecified atom stereocenters. The van der Waals surface area contributed by atoms with Crippen LogP contribution in [0.15, 0.2) is 22.7 Å². The lowest BCUT2D eigenvalue weighted by atomic mass is 10.2. The van der Waals surface area contributed by atoms with Crippen molar-refractivity contribution in [2.75, 3.05) is 11.9 Å². The lowest BCUT2D eigenvalue weighted by Crippen LogP contribution is -2.21. The van der Waals surface area contributed by atoms with Gasteiger partial charge in [0, 0.05) is 6.07 Å². The highest BCUT2D eigenvalue weighted by atomic mass is 35.5. The topological polar surface area (TPSA) is 81.4 Å². The standard InChI is InChI=1S/C13H9ClF2N2O4/c1-6-2-12(22-18-6)17-11(19)5-21-13(20)7-3-9(15)10(16)4-8(7)14/h2-4H,5H2,1H3,(H,17,19). The van der Waals surface area contributed by atoms with Crippen LogP contribution < -0.4 is 5.32 Å². The maximum atomic E-state index is 13.1. The van der Waals surface area contributed by atoms with E-state index >= 15 is 0 Å². The molecular formula is C13H9ClF2N2O4. The molecule has 116 valence electrons. The number of carbonyl (C=O) groups is 2. The van der Waals surface area contributed by atoms with Crippen LogP contribution in [0.25, 0.3) is 0 Å². The van der Waals surface area contributed by atoms with Crippen molar-refractivity contribution in [3.05, 3.63) is 46.1 Å². The van der Waals surface area contributed by atoms with Gasteiger partial charge in [-0.1, -0.05) is 16.8 Å². The maximum absolute atomic E-state index is 13.1. The third kappa shape index (κ3) is 3.79. The number of rotatable bonds is 4. The summed E-state index contributed by atoms with van der Waals surface area (Å²) in [6, 6.07) is 2.70. The van der Waals surface area contributed by atoms with E-state index < -0.39 is 30.1 Å². The highest BCUT2D eigenvalue weighted by Gasteiger charge is 2.17. The van der Waals surface area contributed by atoms with Crippen molar-refractivity contribution in [2.45, 2.75) is 6.92 Å². The van der Waals surface area contributed by atoms with Crippen LogP contribution in [-0.2, 0) is 9.53 Å². The van der Waals surface area contributed by atoms with Crippen LogP contribution in [0.4, 0.5) is 14.7 Å². The fourth-order valence-electron chi connectivity index (χ4n) is 1.48. The number of amides is 1. The van der Waals surface area contributed by atoms with Gasteiger partial charge < -0.3 is 9.26 Å². The van der Waals surface area contributed by atoms with Crippen LogP contribution in [0.1, 0.15) is 16.1 Å². The molecular weight excluding hydrogens is 322 g/mol. The normalized spacial score (nSPS) is 10.4. The van der Waals surface area contributed by atoms with E-state index in [-0.39, 0.29) is 16.5 Å². The van der Waals surface area contributed by atoms with Crippen molar-refractivity contribution in [3.63, 3.8) is 0 Å². The number of anilines is 1. The molecule has 2 rings (SSSR count). The van der Waals surface area contributed by atoms with Gasteiger partial charge in [0.05, 0.1) is 16.3 Å². The van der Waals surface area contributed by atoms with Crippen molar-refractivity contribution in [1.82, 2.24) is 5.16 Å². The van der Waals surface area contributed by atoms with Crippen molar-refractivity contribution in [1.29, 1.82) is 0 Å². The molecule has 1 heterocycles. The molecule has 22 heavy (non-hydrogen) atoms. The molecule has 1 aromatic heterocycles. The predicted molar refractivity (Wildman–Crippen MR) is 71.5 cm³/mol. The quantitative estimate of drug-likeness (QED) is 0.688. The lowest BCUT2D eigenvalue weighted by molar-refractivity contribution is -0.119. The summed E-state index contributed by atoms with van der Waals surface area (Å²) < 4.78 is 35.4. The van der Waals surface area contributed by atoms with Gasteiger partial charge in [-0.05, 0) is 19.1 Å². The monoisotopic (exact) mass is 330 g/mol. The zero-order chi connectivity index (χ0) is 16.3. The summed E-state index contributed by atoms with van der Waals surface area (Å²) in [5.74, 6) is -4.11. The summed E-state index contributed by atoms with van der Waals surface area (Å²) in [4.78, 5) is 23.2. The molecule has 1 amide bonds. The smallest absolute Gasteiger partial charge is 0.340 e. The molecule has 0 saturated heterocycles. The predicted octanol–water partition coefficient (Wildman–Crippen LogP) is 2.71. The second-order valence-corrected chi connectivity index (χ2v) is 4.61. The van der Waals surface area contributed by atoms with E-state index in [1.54, 1.807) is 6.92 Å². The van der Waals surface area contributed by atoms with Gasteiger partial charge in [0.2, 0.25) is 5.88 Å². The Morgan fingerprint density at radius 3 is 2.64 bits per heavy atom. The Balaban J connectivity index is 1.95. The van der Waals surface area contributed by atoms with E-state index in [0.717, 1.165) is 0 Å². The second-order valence-electron chi connectivity index (χ2n) is 4.20. The summed E-state index contributed by atoms with van der Waals surface area (Å²) in [6.07, 6.45) is 0. The fraction of sp³-hybridized carbons (Fsp3) is 0.154. The number of aryl methyl sites for hydroxylation is 1. The van der Waals surface area contributed by atoms with Gasteiger partial charge in [0.1, 0.15) is 0 Å². The van der Waals surface area contributed by atoms with Crippen LogP contribution in [0.2, 0.25) is 5.02 Å². The molecule has 0 spiro atoms. The molecule has 1 aromatic carbocycles. The molecule has 9 heteroatoms. The van der Waals surface area contributed by atoms with Crippen LogP contribution in [0, 0.1) is 18.6 Å². The van der Waals surface area contributed by atoms with E-state index in [0.29, 0.717) is 17.8 Å². The number of aromatic nitrogens is 1. The molecule has 0 saturated carbocycles. The molecule has 0 aliphatic rings. The molecule has 0 bridgehead atoms. The third-order valence-electron chi connectivity index (χ3n) is 2.45. The van der Waals surface area contributed by atoms with Gasteiger partial charge in [-0.15, -0.1) is 0 Å². The number of halogens is 3. The molecule has 2 aromatic rings. The Morgan fingerprint density at radius 2 is 2.00 bits per heavy atom. The number of benzene rings is 1. The average Bonchev–Trinajstić information content (AvgIpc) is 2.85. The molecule has 6 nitrogen and oxygen atoms in total. The van der Waals surface area contributed by atoms with Crippen molar-refractivity contribution in [2.24, 2.45) is 0 Å². The largest absolute Gasteiger partial charge is 0.452 e. The Kier molecular flexibility index (Phi) is 4.71. The first kappa shape index (κ1) is 15.9. The molecule has 0 radical (unpaired) electrons. The minimum Gasteiger partial charge on any atom is -0.452 e. The number of carbonyl (C=O) groups excluding carboxylic acids is 2. The van der Waals surface area contributed by atoms with Gasteiger partial charge in [0.25, 0.3) is 5.91 Å². The number of ether oxygens (including phenoxy) is 1. The highest BCUT2D eigenvalue weighted by Crippen LogP contribution is 2.20. The SMILES string of the molecule is Cc1cc(NC(=O)COC(=O)c2cc(F)c(F)cc2Cl)on1. The van der Waals surface area contributed by atoms with Crippen molar-refractivity contribution >= 4 is 29.4 Å². The van der Waals surface area contributed by atoms with Gasteiger partial charge in [-0.3, -0.25) is 10.1 Å². The van der Waals surface area contributed by atoms with Crippen LogP contribution >= 0.6 is 11.6 Å². The number of hydrogen-bond acceptors (Lipinski definition) is 5. The first-order valence-electron chi connectivity index (χ1n) is 5.91. The van der Waals surface area contributed by atoms with E-state index in [4.69, 9.17) is 16.1 Å². The van der Waals surface area contributed by atoms with Gasteiger partial charge in [-0.2, -0.15) is 0 Å². The van der Waals surface area contributed by atoms with Crippen molar-refractivity contribution in [3.8, 4) is 0 Å². The van der Waals surface area contributed by atoms with E-state index in [1.807, 2.05) is 0 Å². The van der Waals surface area contributed by atoms with Crippen molar-refractivity contribution < 1.29 is 27.6 Å². The number of nitrogens with zero attached hydrogens (tertiary/aromatic N) is 1. The Hall–Kier alpha value is -2.48. The van der Waals surface area contributed by atoms with E-state index in [1.165, 1.54) is 6.07 Å². The minimum atomic E-state index is -1.25. The van der Waals surface area contributed by atoms with E-state index in [2.05, 4.69) is 15.2 Å². The average molecular weight is 331 g/mol. The van der Waals surface area contributed by atoms with Gasteiger partial charge >= 0.3 is 5.97 Å². The minimum absolute atomic E-state index is 0.0874. The fourth-order valence-corrected chi connectivity index (χ4v) is 1.71. The summed E-state index contributed by atoms with van der Waals surface area (Å²) in [5.41, 5.74) is 0.171. The molecule has 0 fully saturated rings. The van der Waals surface area contributed by atoms with Gasteiger partial charge in [-0.25, -0.2) is 13.6 Å². The third-order valence-corrected chi connectivity index (χ3v) is 2.77. The summed E-state index contributed by atoms with van der Waals surface area (Å²) in [6.45, 7) is 0.998. The zero-order valence-corrected chi connectivity index (χ0v) is 11.9. The number of esters is 1. The summed E-state index contributed by atoms with van der Waals surface area (Å²) >= 11 is 5.61. The maximum Gasteiger partial charge on any atom is 0.340 e. The molecule has 1 N–H and O–H groups in total.